The van der Waals surface area contributed by atoms with Gasteiger partial charge in [0.2, 0.25) is 5.91 Å². The maximum atomic E-state index is 12.6. The highest BCUT2D eigenvalue weighted by molar-refractivity contribution is 8.14. The number of hydrogen-bond acceptors (Lipinski definition) is 4. The van der Waals surface area contributed by atoms with Crippen LogP contribution in [0.1, 0.15) is 39.0 Å². The predicted octanol–water partition coefficient (Wildman–Crippen LogP) is 5.53. The third-order valence-corrected chi connectivity index (χ3v) is 6.83. The number of rotatable bonds is 5. The molecule has 4 rings (SSSR count). The predicted molar refractivity (Wildman–Crippen MR) is 124 cm³/mol. The van der Waals surface area contributed by atoms with Crippen molar-refractivity contribution in [3.8, 4) is 11.5 Å². The molecule has 0 aromatic heterocycles. The molecular formula is C24H29N3O2S. The molecule has 1 amide bonds. The Labute approximate surface area is 183 Å². The Hall–Kier alpha value is -2.47. The zero-order valence-corrected chi connectivity index (χ0v) is 18.5. The first kappa shape index (κ1) is 20.8. The van der Waals surface area contributed by atoms with E-state index in [0.29, 0.717) is 6.04 Å². The van der Waals surface area contributed by atoms with Crippen molar-refractivity contribution in [3.05, 3.63) is 54.6 Å². The van der Waals surface area contributed by atoms with Gasteiger partial charge in [-0.25, -0.2) is 0 Å². The van der Waals surface area contributed by atoms with Crippen LogP contribution < -0.4 is 9.64 Å². The van der Waals surface area contributed by atoms with Gasteiger partial charge >= 0.3 is 0 Å². The molecule has 0 N–H and O–H groups in total. The molecule has 2 fully saturated rings. The number of amidine groups is 1. The highest BCUT2D eigenvalue weighted by Crippen LogP contribution is 2.32. The van der Waals surface area contributed by atoms with Crippen molar-refractivity contribution in [3.63, 3.8) is 0 Å². The van der Waals surface area contributed by atoms with Crippen molar-refractivity contribution in [1.82, 2.24) is 4.90 Å². The molecule has 1 aliphatic carbocycles. The van der Waals surface area contributed by atoms with E-state index in [1.165, 1.54) is 32.1 Å². The topological polar surface area (TPSA) is 45.1 Å². The summed E-state index contributed by atoms with van der Waals surface area (Å²) in [5.74, 6) is 2.40. The number of ether oxygens (including phenoxy) is 1. The number of carbonyl (C=O) groups is 1. The summed E-state index contributed by atoms with van der Waals surface area (Å²) in [7, 11) is 2.05. The minimum absolute atomic E-state index is 0.0306. The number of carbonyl (C=O) groups excluding carboxylic acids is 1. The molecule has 1 heterocycles. The molecule has 0 radical (unpaired) electrons. The van der Waals surface area contributed by atoms with E-state index in [0.717, 1.165) is 28.1 Å². The maximum Gasteiger partial charge on any atom is 0.225 e. The molecule has 2 aliphatic rings. The van der Waals surface area contributed by atoms with Gasteiger partial charge in [-0.15, -0.1) is 0 Å². The zero-order chi connectivity index (χ0) is 20.9. The largest absolute Gasteiger partial charge is 0.457 e. The quantitative estimate of drug-likeness (QED) is 0.635. The van der Waals surface area contributed by atoms with E-state index in [9.17, 15) is 4.79 Å². The number of benzene rings is 2. The van der Waals surface area contributed by atoms with E-state index >= 15 is 0 Å². The summed E-state index contributed by atoms with van der Waals surface area (Å²) in [5, 5.41) is 1.06. The minimum atomic E-state index is -0.0317. The number of hydrogen-bond donors (Lipinski definition) is 0. The second kappa shape index (κ2) is 9.56. The smallest absolute Gasteiger partial charge is 0.225 e. The van der Waals surface area contributed by atoms with Crippen molar-refractivity contribution in [1.29, 1.82) is 0 Å². The van der Waals surface area contributed by atoms with Crippen LogP contribution in [0.25, 0.3) is 0 Å². The SMILES string of the molecule is CC(=O)N(c1ccc(Oc2ccccc2)cc1)C1CSC(=NC2CCCCC2)N1C. The summed E-state index contributed by atoms with van der Waals surface area (Å²) in [5.41, 5.74) is 0.874. The fraction of sp³-hybridized carbons (Fsp3) is 0.417. The average Bonchev–Trinajstić information content (AvgIpc) is 3.11. The number of nitrogens with zero attached hydrogens (tertiary/aromatic N) is 3. The molecular weight excluding hydrogens is 394 g/mol. The van der Waals surface area contributed by atoms with E-state index in [-0.39, 0.29) is 12.1 Å². The summed E-state index contributed by atoms with van der Waals surface area (Å²) in [4.78, 5) is 21.6. The fourth-order valence-electron chi connectivity index (χ4n) is 4.10. The molecule has 1 aliphatic heterocycles. The second-order valence-electron chi connectivity index (χ2n) is 7.90. The van der Waals surface area contributed by atoms with Crippen molar-refractivity contribution in [2.45, 2.75) is 51.2 Å². The van der Waals surface area contributed by atoms with Crippen LogP contribution in [0.15, 0.2) is 59.6 Å². The monoisotopic (exact) mass is 423 g/mol. The second-order valence-corrected chi connectivity index (χ2v) is 8.89. The molecule has 5 nitrogen and oxygen atoms in total. The van der Waals surface area contributed by atoms with Crippen molar-refractivity contribution in [2.75, 3.05) is 17.7 Å². The van der Waals surface area contributed by atoms with E-state index in [1.807, 2.05) is 59.5 Å². The van der Waals surface area contributed by atoms with E-state index in [2.05, 4.69) is 11.9 Å². The lowest BCUT2D eigenvalue weighted by atomic mass is 9.96. The molecule has 6 heteroatoms. The lowest BCUT2D eigenvalue weighted by Gasteiger charge is -2.33. The van der Waals surface area contributed by atoms with Gasteiger partial charge in [-0.2, -0.15) is 0 Å². The molecule has 30 heavy (non-hydrogen) atoms. The number of thioether (sulfide) groups is 1. The molecule has 1 unspecified atom stereocenters. The summed E-state index contributed by atoms with van der Waals surface area (Å²) < 4.78 is 5.88. The summed E-state index contributed by atoms with van der Waals surface area (Å²) in [6, 6.07) is 17.9. The molecule has 2 aromatic rings. The molecule has 158 valence electrons. The van der Waals surface area contributed by atoms with Crippen molar-refractivity contribution in [2.24, 2.45) is 4.99 Å². The van der Waals surface area contributed by atoms with E-state index in [4.69, 9.17) is 9.73 Å². The Morgan fingerprint density at radius 1 is 1.03 bits per heavy atom. The third kappa shape index (κ3) is 4.81. The standard InChI is InChI=1S/C24H29N3O2S/c1-18(28)27(20-13-15-22(16-14-20)29-21-11-7-4-8-12-21)23-17-30-24(26(23)2)25-19-9-5-3-6-10-19/h4,7-8,11-16,19,23H,3,5-6,9-10,17H2,1-2H3. The minimum Gasteiger partial charge on any atom is -0.457 e. The number of anilines is 1. The summed E-state index contributed by atoms with van der Waals surface area (Å²) in [6.45, 7) is 1.63. The number of aliphatic imine (C=N–C) groups is 1. The Morgan fingerprint density at radius 2 is 1.70 bits per heavy atom. The van der Waals surface area contributed by atoms with Crippen LogP contribution >= 0.6 is 11.8 Å². The van der Waals surface area contributed by atoms with Gasteiger partial charge < -0.3 is 9.64 Å². The van der Waals surface area contributed by atoms with Crippen LogP contribution in [-0.2, 0) is 4.79 Å². The third-order valence-electron chi connectivity index (χ3n) is 5.71. The van der Waals surface area contributed by atoms with Crippen molar-refractivity contribution < 1.29 is 9.53 Å². The molecule has 1 atom stereocenters. The van der Waals surface area contributed by atoms with Crippen LogP contribution in [0.3, 0.4) is 0 Å². The van der Waals surface area contributed by atoms with Gasteiger partial charge in [0.1, 0.15) is 17.7 Å². The van der Waals surface area contributed by atoms with Crippen LogP contribution in [0.2, 0.25) is 0 Å². The fourth-order valence-corrected chi connectivity index (χ4v) is 5.32. The lowest BCUT2D eigenvalue weighted by molar-refractivity contribution is -0.117. The van der Waals surface area contributed by atoms with Gasteiger partial charge in [0, 0.05) is 25.4 Å². The van der Waals surface area contributed by atoms with Gasteiger partial charge in [-0.3, -0.25) is 14.7 Å². The summed E-state index contributed by atoms with van der Waals surface area (Å²) >= 11 is 1.75. The molecule has 1 saturated heterocycles. The first-order valence-corrected chi connectivity index (χ1v) is 11.7. The number of amides is 1. The Balaban J connectivity index is 1.48. The highest BCUT2D eigenvalue weighted by atomic mass is 32.2. The van der Waals surface area contributed by atoms with Gasteiger partial charge in [-0.05, 0) is 49.2 Å². The van der Waals surface area contributed by atoms with Gasteiger partial charge in [0.25, 0.3) is 0 Å². The summed E-state index contributed by atoms with van der Waals surface area (Å²) in [6.07, 6.45) is 6.21. The van der Waals surface area contributed by atoms with Crippen LogP contribution in [0.5, 0.6) is 11.5 Å². The highest BCUT2D eigenvalue weighted by Gasteiger charge is 2.35. The molecule has 2 aromatic carbocycles. The van der Waals surface area contributed by atoms with E-state index in [1.54, 1.807) is 18.7 Å². The van der Waals surface area contributed by atoms with Gasteiger partial charge in [0.05, 0.1) is 6.04 Å². The van der Waals surface area contributed by atoms with Crippen LogP contribution in [0.4, 0.5) is 5.69 Å². The van der Waals surface area contributed by atoms with Gasteiger partial charge in [-0.1, -0.05) is 49.2 Å². The Bertz CT molecular complexity index is 879. The lowest BCUT2D eigenvalue weighted by Crippen LogP contribution is -2.48. The average molecular weight is 424 g/mol. The van der Waals surface area contributed by atoms with Crippen LogP contribution in [0, 0.1) is 0 Å². The van der Waals surface area contributed by atoms with Crippen LogP contribution in [-0.4, -0.2) is 41.0 Å². The number of para-hydroxylation sites is 1. The molecule has 0 bridgehead atoms. The first-order chi connectivity index (χ1) is 14.6. The first-order valence-electron chi connectivity index (χ1n) is 10.7. The molecule has 1 saturated carbocycles. The Kier molecular flexibility index (Phi) is 6.62. The Morgan fingerprint density at radius 3 is 2.37 bits per heavy atom. The zero-order valence-electron chi connectivity index (χ0n) is 17.7. The van der Waals surface area contributed by atoms with Gasteiger partial charge in [0.15, 0.2) is 5.17 Å². The van der Waals surface area contributed by atoms with E-state index < -0.39 is 0 Å². The normalized spacial score (nSPS) is 21.1. The molecule has 0 spiro atoms. The maximum absolute atomic E-state index is 12.6. The van der Waals surface area contributed by atoms with Crippen molar-refractivity contribution >= 4 is 28.5 Å².